The van der Waals surface area contributed by atoms with Gasteiger partial charge in [-0.15, -0.1) is 0 Å². The molecule has 21 heavy (non-hydrogen) atoms. The zero-order valence-corrected chi connectivity index (χ0v) is 13.0. The first-order valence-corrected chi connectivity index (χ1v) is 7.90. The van der Waals surface area contributed by atoms with Gasteiger partial charge >= 0.3 is 0 Å². The molecule has 0 saturated carbocycles. The number of hydrogen-bond acceptors (Lipinski definition) is 2. The van der Waals surface area contributed by atoms with E-state index in [1.807, 2.05) is 12.1 Å². The van der Waals surface area contributed by atoms with Crippen LogP contribution in [0.2, 0.25) is 5.02 Å². The fraction of sp³-hybridized carbons (Fsp3) is 0.333. The minimum atomic E-state index is 0.202. The second-order valence-electron chi connectivity index (χ2n) is 5.40. The summed E-state index contributed by atoms with van der Waals surface area (Å²) in [4.78, 5) is 0. The van der Waals surface area contributed by atoms with Gasteiger partial charge in [0.25, 0.3) is 0 Å². The molecule has 1 aliphatic heterocycles. The van der Waals surface area contributed by atoms with Crippen molar-refractivity contribution in [2.75, 3.05) is 13.2 Å². The van der Waals surface area contributed by atoms with Crippen molar-refractivity contribution in [1.29, 1.82) is 0 Å². The monoisotopic (exact) mass is 301 g/mol. The van der Waals surface area contributed by atoms with Crippen molar-refractivity contribution in [2.45, 2.75) is 25.8 Å². The first-order valence-electron chi connectivity index (χ1n) is 7.52. The summed E-state index contributed by atoms with van der Waals surface area (Å²) in [6.07, 6.45) is 2.11. The van der Waals surface area contributed by atoms with Crippen LogP contribution in [0.15, 0.2) is 42.5 Å². The zero-order valence-electron chi connectivity index (χ0n) is 12.2. The maximum atomic E-state index is 6.01. The minimum Gasteiger partial charge on any atom is -0.493 e. The molecule has 0 aliphatic carbocycles. The highest BCUT2D eigenvalue weighted by atomic mass is 35.5. The van der Waals surface area contributed by atoms with Gasteiger partial charge in [0.2, 0.25) is 0 Å². The third-order valence-electron chi connectivity index (χ3n) is 3.85. The van der Waals surface area contributed by atoms with E-state index < -0.39 is 0 Å². The number of nitrogens with one attached hydrogen (secondary N) is 1. The van der Waals surface area contributed by atoms with E-state index in [9.17, 15) is 0 Å². The maximum Gasteiger partial charge on any atom is 0.122 e. The van der Waals surface area contributed by atoms with Crippen molar-refractivity contribution in [3.63, 3.8) is 0 Å². The van der Waals surface area contributed by atoms with Crippen LogP contribution >= 0.6 is 11.6 Å². The molecule has 3 heteroatoms. The lowest BCUT2D eigenvalue weighted by atomic mass is 9.96. The Kier molecular flexibility index (Phi) is 4.47. The lowest BCUT2D eigenvalue weighted by Gasteiger charge is -2.20. The Labute approximate surface area is 131 Å². The SMILES string of the molecule is CCCNC(c1ccc(Cl)cc1)c1ccc2c(c1)CCO2. The van der Waals surface area contributed by atoms with Crippen molar-refractivity contribution >= 4 is 11.6 Å². The van der Waals surface area contributed by atoms with Crippen LogP contribution in [0.1, 0.15) is 36.1 Å². The van der Waals surface area contributed by atoms with E-state index in [1.165, 1.54) is 16.7 Å². The summed E-state index contributed by atoms with van der Waals surface area (Å²) in [5.41, 5.74) is 3.84. The standard InChI is InChI=1S/C18H20ClNO/c1-2-10-20-18(13-3-6-16(19)7-4-13)15-5-8-17-14(12-15)9-11-21-17/h3-8,12,18,20H,2,9-11H2,1H3. The Morgan fingerprint density at radius 1 is 1.14 bits per heavy atom. The van der Waals surface area contributed by atoms with Crippen LogP contribution in [0, 0.1) is 0 Å². The molecule has 0 amide bonds. The molecule has 0 radical (unpaired) electrons. The number of benzene rings is 2. The van der Waals surface area contributed by atoms with E-state index in [1.54, 1.807) is 0 Å². The van der Waals surface area contributed by atoms with Crippen LogP contribution in [0.4, 0.5) is 0 Å². The highest BCUT2D eigenvalue weighted by Crippen LogP contribution is 2.31. The van der Waals surface area contributed by atoms with Gasteiger partial charge in [-0.1, -0.05) is 42.8 Å². The summed E-state index contributed by atoms with van der Waals surface area (Å²) < 4.78 is 5.60. The van der Waals surface area contributed by atoms with Gasteiger partial charge in [0.15, 0.2) is 0 Å². The average molecular weight is 302 g/mol. The molecule has 2 aromatic carbocycles. The van der Waals surface area contributed by atoms with Gasteiger partial charge in [-0.25, -0.2) is 0 Å². The molecular formula is C18H20ClNO. The van der Waals surface area contributed by atoms with Gasteiger partial charge in [0, 0.05) is 11.4 Å². The van der Waals surface area contributed by atoms with Crippen molar-refractivity contribution in [3.8, 4) is 5.75 Å². The highest BCUT2D eigenvalue weighted by molar-refractivity contribution is 6.30. The van der Waals surface area contributed by atoms with Gasteiger partial charge in [-0.05, 0) is 47.9 Å². The van der Waals surface area contributed by atoms with Gasteiger partial charge in [-0.3, -0.25) is 0 Å². The molecule has 110 valence electrons. The lowest BCUT2D eigenvalue weighted by Crippen LogP contribution is -2.23. The molecule has 1 aliphatic rings. The van der Waals surface area contributed by atoms with E-state index in [-0.39, 0.29) is 6.04 Å². The van der Waals surface area contributed by atoms with Crippen molar-refractivity contribution in [2.24, 2.45) is 0 Å². The molecular weight excluding hydrogens is 282 g/mol. The number of halogens is 1. The average Bonchev–Trinajstić information content (AvgIpc) is 2.97. The summed E-state index contributed by atoms with van der Waals surface area (Å²) in [5, 5.41) is 4.40. The molecule has 1 unspecified atom stereocenters. The van der Waals surface area contributed by atoms with Crippen LogP contribution in [0.3, 0.4) is 0 Å². The third-order valence-corrected chi connectivity index (χ3v) is 4.10. The van der Waals surface area contributed by atoms with Crippen molar-refractivity contribution < 1.29 is 4.74 Å². The van der Waals surface area contributed by atoms with Gasteiger partial charge in [-0.2, -0.15) is 0 Å². The minimum absolute atomic E-state index is 0.202. The van der Waals surface area contributed by atoms with Crippen LogP contribution in [0.5, 0.6) is 5.75 Å². The first-order chi connectivity index (χ1) is 10.3. The van der Waals surface area contributed by atoms with Crippen LogP contribution in [-0.2, 0) is 6.42 Å². The molecule has 3 rings (SSSR count). The Bertz CT molecular complexity index is 609. The van der Waals surface area contributed by atoms with E-state index in [0.29, 0.717) is 0 Å². The van der Waals surface area contributed by atoms with E-state index in [0.717, 1.165) is 36.8 Å². The highest BCUT2D eigenvalue weighted by Gasteiger charge is 2.18. The molecule has 0 bridgehead atoms. The predicted octanol–water partition coefficient (Wildman–Crippen LogP) is 4.36. The quantitative estimate of drug-likeness (QED) is 0.886. The van der Waals surface area contributed by atoms with Crippen LogP contribution in [0.25, 0.3) is 0 Å². The molecule has 0 aromatic heterocycles. The molecule has 1 heterocycles. The topological polar surface area (TPSA) is 21.3 Å². The largest absolute Gasteiger partial charge is 0.493 e. The van der Waals surface area contributed by atoms with E-state index in [2.05, 4.69) is 42.6 Å². The molecule has 2 aromatic rings. The lowest BCUT2D eigenvalue weighted by molar-refractivity contribution is 0.357. The number of fused-ring (bicyclic) bond motifs is 1. The van der Waals surface area contributed by atoms with E-state index in [4.69, 9.17) is 16.3 Å². The predicted molar refractivity (Wildman–Crippen MR) is 87.2 cm³/mol. The summed E-state index contributed by atoms with van der Waals surface area (Å²) >= 11 is 6.01. The molecule has 0 spiro atoms. The van der Waals surface area contributed by atoms with Crippen molar-refractivity contribution in [3.05, 3.63) is 64.2 Å². The Morgan fingerprint density at radius 3 is 2.67 bits per heavy atom. The van der Waals surface area contributed by atoms with E-state index >= 15 is 0 Å². The smallest absolute Gasteiger partial charge is 0.122 e. The first kappa shape index (κ1) is 14.4. The number of rotatable bonds is 5. The molecule has 2 nitrogen and oxygen atoms in total. The Balaban J connectivity index is 1.93. The molecule has 1 N–H and O–H groups in total. The Hall–Kier alpha value is -1.51. The van der Waals surface area contributed by atoms with Gasteiger partial charge in [0.05, 0.1) is 12.6 Å². The fourth-order valence-corrected chi connectivity index (χ4v) is 2.88. The zero-order chi connectivity index (χ0) is 14.7. The number of hydrogen-bond donors (Lipinski definition) is 1. The Morgan fingerprint density at radius 2 is 1.90 bits per heavy atom. The molecule has 0 fully saturated rings. The summed E-state index contributed by atoms with van der Waals surface area (Å²) in [6, 6.07) is 14.8. The van der Waals surface area contributed by atoms with Gasteiger partial charge < -0.3 is 10.1 Å². The van der Waals surface area contributed by atoms with Crippen molar-refractivity contribution in [1.82, 2.24) is 5.32 Å². The summed E-state index contributed by atoms with van der Waals surface area (Å²) in [7, 11) is 0. The number of ether oxygens (including phenoxy) is 1. The second-order valence-corrected chi connectivity index (χ2v) is 5.84. The fourth-order valence-electron chi connectivity index (χ4n) is 2.76. The normalized spacial score (nSPS) is 14.6. The summed E-state index contributed by atoms with van der Waals surface area (Å²) in [6.45, 7) is 3.97. The van der Waals surface area contributed by atoms with Gasteiger partial charge in [0.1, 0.15) is 5.75 Å². The van der Waals surface area contributed by atoms with Crippen LogP contribution in [-0.4, -0.2) is 13.2 Å². The maximum absolute atomic E-state index is 6.01. The summed E-state index contributed by atoms with van der Waals surface area (Å²) in [5.74, 6) is 1.03. The van der Waals surface area contributed by atoms with Crippen LogP contribution < -0.4 is 10.1 Å². The second kappa shape index (κ2) is 6.50. The molecule has 1 atom stereocenters. The molecule has 0 saturated heterocycles. The third kappa shape index (κ3) is 3.22.